The van der Waals surface area contributed by atoms with Crippen molar-refractivity contribution < 1.29 is 9.84 Å². The Morgan fingerprint density at radius 1 is 1.45 bits per heavy atom. The fourth-order valence-electron chi connectivity index (χ4n) is 1.19. The number of aliphatic hydroxyl groups excluding tert-OH is 1. The standard InChI is InChI=1S/C8H17NO2/c1-8(10)2-3-9-4-6-11-7-5-9/h8,10H,2-7H2,1H3. The molecule has 0 spiro atoms. The molecule has 0 aromatic carbocycles. The molecule has 66 valence electrons. The zero-order valence-electron chi connectivity index (χ0n) is 7.12. The van der Waals surface area contributed by atoms with Crippen molar-refractivity contribution in [2.75, 3.05) is 32.8 Å². The normalized spacial score (nSPS) is 23.5. The van der Waals surface area contributed by atoms with Crippen LogP contribution >= 0.6 is 0 Å². The molecule has 0 bridgehead atoms. The van der Waals surface area contributed by atoms with E-state index in [1.807, 2.05) is 6.92 Å². The Kier molecular flexibility index (Phi) is 3.83. The van der Waals surface area contributed by atoms with Gasteiger partial charge in [-0.3, -0.25) is 4.90 Å². The Labute approximate surface area is 68.0 Å². The van der Waals surface area contributed by atoms with Gasteiger partial charge in [0.1, 0.15) is 0 Å². The van der Waals surface area contributed by atoms with Crippen molar-refractivity contribution in [1.29, 1.82) is 0 Å². The molecule has 1 atom stereocenters. The van der Waals surface area contributed by atoms with Crippen molar-refractivity contribution in [2.45, 2.75) is 19.4 Å². The lowest BCUT2D eigenvalue weighted by molar-refractivity contribution is 0.0313. The molecule has 1 rings (SSSR count). The zero-order chi connectivity index (χ0) is 8.10. The zero-order valence-corrected chi connectivity index (χ0v) is 7.12. The smallest absolute Gasteiger partial charge is 0.0594 e. The Hall–Kier alpha value is -0.120. The van der Waals surface area contributed by atoms with Crippen LogP contribution in [-0.4, -0.2) is 49.0 Å². The molecule has 1 aliphatic rings. The summed E-state index contributed by atoms with van der Waals surface area (Å²) >= 11 is 0. The third-order valence-corrected chi connectivity index (χ3v) is 1.97. The number of hydrogen-bond acceptors (Lipinski definition) is 3. The third-order valence-electron chi connectivity index (χ3n) is 1.97. The fourth-order valence-corrected chi connectivity index (χ4v) is 1.19. The van der Waals surface area contributed by atoms with Crippen LogP contribution in [0.5, 0.6) is 0 Å². The summed E-state index contributed by atoms with van der Waals surface area (Å²) in [5, 5.41) is 9.03. The van der Waals surface area contributed by atoms with Gasteiger partial charge in [0.25, 0.3) is 0 Å². The molecule has 1 heterocycles. The van der Waals surface area contributed by atoms with Crippen LogP contribution < -0.4 is 0 Å². The van der Waals surface area contributed by atoms with Crippen molar-refractivity contribution in [3.63, 3.8) is 0 Å². The van der Waals surface area contributed by atoms with Gasteiger partial charge in [-0.25, -0.2) is 0 Å². The minimum atomic E-state index is -0.169. The molecule has 1 fully saturated rings. The number of rotatable bonds is 3. The topological polar surface area (TPSA) is 32.7 Å². The second kappa shape index (κ2) is 4.70. The van der Waals surface area contributed by atoms with Gasteiger partial charge in [0, 0.05) is 19.6 Å². The highest BCUT2D eigenvalue weighted by Gasteiger charge is 2.09. The van der Waals surface area contributed by atoms with Gasteiger partial charge in [0.2, 0.25) is 0 Å². The summed E-state index contributed by atoms with van der Waals surface area (Å²) in [6.07, 6.45) is 0.706. The Bertz CT molecular complexity index is 100. The first kappa shape index (κ1) is 8.97. The van der Waals surface area contributed by atoms with Crippen molar-refractivity contribution >= 4 is 0 Å². The molecule has 1 N–H and O–H groups in total. The van der Waals surface area contributed by atoms with Crippen LogP contribution in [-0.2, 0) is 4.74 Å². The van der Waals surface area contributed by atoms with Gasteiger partial charge in [0.15, 0.2) is 0 Å². The third kappa shape index (κ3) is 3.70. The number of aliphatic hydroxyl groups is 1. The van der Waals surface area contributed by atoms with Crippen molar-refractivity contribution in [1.82, 2.24) is 4.90 Å². The number of hydrogen-bond donors (Lipinski definition) is 1. The molecule has 3 nitrogen and oxygen atoms in total. The lowest BCUT2D eigenvalue weighted by Crippen LogP contribution is -2.37. The van der Waals surface area contributed by atoms with E-state index in [-0.39, 0.29) is 6.10 Å². The summed E-state index contributed by atoms with van der Waals surface area (Å²) < 4.78 is 5.20. The lowest BCUT2D eigenvalue weighted by atomic mass is 10.2. The van der Waals surface area contributed by atoms with E-state index in [9.17, 15) is 0 Å². The average Bonchev–Trinajstić information content (AvgIpc) is 2.03. The summed E-state index contributed by atoms with van der Waals surface area (Å²) in [5.74, 6) is 0. The van der Waals surface area contributed by atoms with Crippen molar-refractivity contribution in [3.8, 4) is 0 Å². The Balaban J connectivity index is 2.05. The van der Waals surface area contributed by atoms with E-state index in [2.05, 4.69) is 4.90 Å². The van der Waals surface area contributed by atoms with E-state index in [1.54, 1.807) is 0 Å². The summed E-state index contributed by atoms with van der Waals surface area (Å²) in [6.45, 7) is 6.57. The highest BCUT2D eigenvalue weighted by molar-refractivity contribution is 4.62. The largest absolute Gasteiger partial charge is 0.393 e. The van der Waals surface area contributed by atoms with Gasteiger partial charge in [-0.1, -0.05) is 0 Å². The molecule has 0 saturated carbocycles. The van der Waals surface area contributed by atoms with E-state index < -0.39 is 0 Å². The van der Waals surface area contributed by atoms with Crippen LogP contribution in [0, 0.1) is 0 Å². The second-order valence-electron chi connectivity index (χ2n) is 3.09. The molecule has 11 heavy (non-hydrogen) atoms. The van der Waals surface area contributed by atoms with E-state index >= 15 is 0 Å². The van der Waals surface area contributed by atoms with Gasteiger partial charge in [-0.2, -0.15) is 0 Å². The number of ether oxygens (including phenoxy) is 1. The first-order chi connectivity index (χ1) is 5.29. The summed E-state index contributed by atoms with van der Waals surface area (Å²) in [5.41, 5.74) is 0. The van der Waals surface area contributed by atoms with Crippen molar-refractivity contribution in [2.24, 2.45) is 0 Å². The molecule has 0 amide bonds. The SMILES string of the molecule is CC(O)CCN1CCOCC1. The summed E-state index contributed by atoms with van der Waals surface area (Å²) in [7, 11) is 0. The van der Waals surface area contributed by atoms with E-state index in [0.717, 1.165) is 39.3 Å². The summed E-state index contributed by atoms with van der Waals surface area (Å²) in [6, 6.07) is 0. The average molecular weight is 159 g/mol. The minimum Gasteiger partial charge on any atom is -0.393 e. The quantitative estimate of drug-likeness (QED) is 0.633. The highest BCUT2D eigenvalue weighted by atomic mass is 16.5. The number of morpholine rings is 1. The fraction of sp³-hybridized carbons (Fsp3) is 1.00. The van der Waals surface area contributed by atoms with Gasteiger partial charge in [0.05, 0.1) is 19.3 Å². The van der Waals surface area contributed by atoms with Crippen LogP contribution in [0.15, 0.2) is 0 Å². The van der Waals surface area contributed by atoms with E-state index in [1.165, 1.54) is 0 Å². The van der Waals surface area contributed by atoms with Gasteiger partial charge in [-0.15, -0.1) is 0 Å². The van der Waals surface area contributed by atoms with Crippen LogP contribution in [0.2, 0.25) is 0 Å². The van der Waals surface area contributed by atoms with Crippen molar-refractivity contribution in [3.05, 3.63) is 0 Å². The molecule has 1 aliphatic heterocycles. The van der Waals surface area contributed by atoms with Crippen LogP contribution in [0.25, 0.3) is 0 Å². The maximum atomic E-state index is 9.03. The second-order valence-corrected chi connectivity index (χ2v) is 3.09. The minimum absolute atomic E-state index is 0.169. The Morgan fingerprint density at radius 3 is 2.64 bits per heavy atom. The predicted octanol–water partition coefficient (Wildman–Crippen LogP) is 0.0895. The van der Waals surface area contributed by atoms with Crippen LogP contribution in [0.4, 0.5) is 0 Å². The van der Waals surface area contributed by atoms with E-state index in [0.29, 0.717) is 0 Å². The summed E-state index contributed by atoms with van der Waals surface area (Å²) in [4.78, 5) is 2.33. The maximum Gasteiger partial charge on any atom is 0.0594 e. The first-order valence-electron chi connectivity index (χ1n) is 4.27. The predicted molar refractivity (Wildman–Crippen MR) is 43.6 cm³/mol. The molecule has 1 saturated heterocycles. The van der Waals surface area contributed by atoms with E-state index in [4.69, 9.17) is 9.84 Å². The molecular formula is C8H17NO2. The van der Waals surface area contributed by atoms with Gasteiger partial charge >= 0.3 is 0 Å². The van der Waals surface area contributed by atoms with Gasteiger partial charge in [-0.05, 0) is 13.3 Å². The molecule has 0 aromatic rings. The molecule has 3 heteroatoms. The molecule has 0 radical (unpaired) electrons. The maximum absolute atomic E-state index is 9.03. The number of nitrogens with zero attached hydrogens (tertiary/aromatic N) is 1. The Morgan fingerprint density at radius 2 is 2.09 bits per heavy atom. The molecular weight excluding hydrogens is 142 g/mol. The monoisotopic (exact) mass is 159 g/mol. The molecule has 0 aromatic heterocycles. The first-order valence-corrected chi connectivity index (χ1v) is 4.27. The molecule has 1 unspecified atom stereocenters. The highest BCUT2D eigenvalue weighted by Crippen LogP contribution is 1.99. The lowest BCUT2D eigenvalue weighted by Gasteiger charge is -2.26. The van der Waals surface area contributed by atoms with Gasteiger partial charge < -0.3 is 9.84 Å². The molecule has 0 aliphatic carbocycles. The van der Waals surface area contributed by atoms with Crippen LogP contribution in [0.3, 0.4) is 0 Å². The van der Waals surface area contributed by atoms with Crippen LogP contribution in [0.1, 0.15) is 13.3 Å².